The Labute approximate surface area is 230 Å². The predicted octanol–water partition coefficient (Wildman–Crippen LogP) is 8.22. The number of alkyl halides is 3. The number of nitrogens with one attached hydrogen (secondary N) is 1. The third-order valence-corrected chi connectivity index (χ3v) is 5.05. The zero-order valence-corrected chi connectivity index (χ0v) is 24.0. The van der Waals surface area contributed by atoms with E-state index in [-0.39, 0.29) is 24.7 Å². The number of ether oxygens (including phenoxy) is 3. The van der Waals surface area contributed by atoms with Gasteiger partial charge in [0.05, 0.1) is 7.11 Å². The molecule has 9 heteroatoms. The Bertz CT molecular complexity index is 1020. The van der Waals surface area contributed by atoms with Crippen LogP contribution in [0.2, 0.25) is 0 Å². The van der Waals surface area contributed by atoms with Crippen LogP contribution in [-0.4, -0.2) is 25.9 Å². The normalized spacial score (nSPS) is 11.0. The van der Waals surface area contributed by atoms with E-state index in [1.807, 2.05) is 33.8 Å². The molecule has 2 aromatic carbocycles. The number of amides is 1. The van der Waals surface area contributed by atoms with Crippen LogP contribution in [0.15, 0.2) is 43.0 Å². The molecule has 0 fully saturated rings. The minimum absolute atomic E-state index is 0.152. The monoisotopic (exact) mass is 553 g/mol. The molecule has 0 saturated heterocycles. The molecule has 1 atom stereocenters. The molecule has 0 aliphatic heterocycles. The van der Waals surface area contributed by atoms with Crippen molar-refractivity contribution in [3.63, 3.8) is 0 Å². The molecule has 0 aliphatic rings. The van der Waals surface area contributed by atoms with E-state index in [2.05, 4.69) is 30.5 Å². The second-order valence-corrected chi connectivity index (χ2v) is 8.48. The highest BCUT2D eigenvalue weighted by Gasteiger charge is 2.31. The highest BCUT2D eigenvalue weighted by molar-refractivity contribution is 5.74. The zero-order valence-electron chi connectivity index (χ0n) is 24.0. The van der Waals surface area contributed by atoms with E-state index in [1.165, 1.54) is 37.8 Å². The molecule has 0 aromatic heterocycles. The van der Waals surface area contributed by atoms with E-state index < -0.39 is 12.5 Å². The Morgan fingerprint density at radius 3 is 2.13 bits per heavy atom. The second kappa shape index (κ2) is 18.7. The van der Waals surface area contributed by atoms with Crippen LogP contribution in [0.25, 0.3) is 11.1 Å². The summed E-state index contributed by atoms with van der Waals surface area (Å²) in [6.45, 7) is 15.2. The van der Waals surface area contributed by atoms with E-state index in [1.54, 1.807) is 6.08 Å². The minimum Gasteiger partial charge on any atom is -0.496 e. The lowest BCUT2D eigenvalue weighted by Gasteiger charge is -2.25. The van der Waals surface area contributed by atoms with Crippen molar-refractivity contribution in [2.45, 2.75) is 86.2 Å². The first-order valence-electron chi connectivity index (χ1n) is 13.0. The van der Waals surface area contributed by atoms with Gasteiger partial charge in [-0.15, -0.1) is 19.8 Å². The van der Waals surface area contributed by atoms with Crippen LogP contribution in [-0.2, 0) is 20.9 Å². The average molecular weight is 554 g/mol. The van der Waals surface area contributed by atoms with Gasteiger partial charge in [-0.1, -0.05) is 52.3 Å². The van der Waals surface area contributed by atoms with Gasteiger partial charge < -0.3 is 19.5 Å². The number of carbonyl (C=O) groups is 2. The third kappa shape index (κ3) is 12.3. The quantitative estimate of drug-likeness (QED) is 0.172. The van der Waals surface area contributed by atoms with Crippen LogP contribution in [0, 0.1) is 6.92 Å². The lowest BCUT2D eigenvalue weighted by atomic mass is 9.90. The smallest absolute Gasteiger partial charge is 0.496 e. The van der Waals surface area contributed by atoms with Crippen molar-refractivity contribution in [3.05, 3.63) is 59.7 Å². The Hall–Kier alpha value is -3.49. The number of hydrogen-bond acceptors (Lipinski definition) is 5. The van der Waals surface area contributed by atoms with Crippen molar-refractivity contribution in [2.24, 2.45) is 0 Å². The molecule has 0 spiro atoms. The summed E-state index contributed by atoms with van der Waals surface area (Å²) in [7, 11) is 1.49. The summed E-state index contributed by atoms with van der Waals surface area (Å²) in [6.07, 6.45) is -0.383. The highest BCUT2D eigenvalue weighted by atomic mass is 19.4. The van der Waals surface area contributed by atoms with Gasteiger partial charge in [-0.25, -0.2) is 0 Å². The van der Waals surface area contributed by atoms with Gasteiger partial charge in [0.1, 0.15) is 17.6 Å². The Morgan fingerprint density at radius 2 is 1.69 bits per heavy atom. The maximum absolute atomic E-state index is 12.5. The summed E-state index contributed by atoms with van der Waals surface area (Å²) in [4.78, 5) is 23.2. The van der Waals surface area contributed by atoms with Crippen LogP contribution >= 0.6 is 0 Å². The first-order chi connectivity index (χ1) is 18.5. The number of hydrogen-bond donors (Lipinski definition) is 1. The van der Waals surface area contributed by atoms with Crippen molar-refractivity contribution in [1.29, 1.82) is 0 Å². The van der Waals surface area contributed by atoms with E-state index >= 15 is 0 Å². The number of rotatable bonds is 11. The number of esters is 1. The van der Waals surface area contributed by atoms with Gasteiger partial charge in [-0.05, 0) is 67.1 Å². The number of halogens is 3. The molecule has 1 amide bonds. The fourth-order valence-corrected chi connectivity index (χ4v) is 3.65. The minimum atomic E-state index is -4.78. The number of allylic oxidation sites excluding steroid dienone is 1. The maximum atomic E-state index is 12.5. The summed E-state index contributed by atoms with van der Waals surface area (Å²) >= 11 is 0. The molecule has 1 unspecified atom stereocenters. The van der Waals surface area contributed by atoms with E-state index in [0.29, 0.717) is 47.3 Å². The molecule has 6 nitrogen and oxygen atoms in total. The molecule has 2 rings (SSSR count). The van der Waals surface area contributed by atoms with E-state index in [0.717, 1.165) is 5.56 Å². The van der Waals surface area contributed by atoms with Crippen LogP contribution in [0.3, 0.4) is 0 Å². The SMILES string of the molecule is C=CC.CCC.CCCC(=O)OC(CC)c1c(CNC=O)cc(-c2ccc(OC(F)(F)F)cc2)c(C)c1OC. The van der Waals surface area contributed by atoms with Crippen LogP contribution in [0.4, 0.5) is 13.2 Å². The molecule has 0 aliphatic carbocycles. The molecule has 39 heavy (non-hydrogen) atoms. The molecule has 0 saturated carbocycles. The molecule has 0 radical (unpaired) electrons. The third-order valence-electron chi connectivity index (χ3n) is 5.05. The van der Waals surface area contributed by atoms with Crippen molar-refractivity contribution >= 4 is 12.4 Å². The summed E-state index contributed by atoms with van der Waals surface area (Å²) in [5.41, 5.74) is 3.38. The fraction of sp³-hybridized carbons (Fsp3) is 0.467. The summed E-state index contributed by atoms with van der Waals surface area (Å²) in [5, 5.41) is 2.63. The standard InChI is InChI=1S/C24H28F3NO5.C3H8.C3H6/c1-5-7-21(30)32-20(6-2)22-17(13-28-14-29)12-19(15(3)23(22)31-4)16-8-10-18(11-9-16)33-24(25,26)27;2*1-3-2/h8-12,14,20H,5-7,13H2,1-4H3,(H,28,29);3H2,1-2H3;3H,1H2,2H3. The highest BCUT2D eigenvalue weighted by Crippen LogP contribution is 2.41. The summed E-state index contributed by atoms with van der Waals surface area (Å²) in [6, 6.07) is 7.30. The Morgan fingerprint density at radius 1 is 1.13 bits per heavy atom. The van der Waals surface area contributed by atoms with E-state index in [4.69, 9.17) is 9.47 Å². The van der Waals surface area contributed by atoms with Crippen LogP contribution in [0.1, 0.15) is 83.1 Å². The molecule has 2 aromatic rings. The number of carbonyl (C=O) groups excluding carboxylic acids is 2. The van der Waals surface area contributed by atoms with Crippen LogP contribution in [0.5, 0.6) is 11.5 Å². The summed E-state index contributed by atoms with van der Waals surface area (Å²) in [5.74, 6) is -0.172. The van der Waals surface area contributed by atoms with Gasteiger partial charge in [0.2, 0.25) is 6.41 Å². The lowest BCUT2D eigenvalue weighted by molar-refractivity contribution is -0.274. The zero-order chi connectivity index (χ0) is 30.0. The van der Waals surface area contributed by atoms with Gasteiger partial charge in [0.15, 0.2) is 0 Å². The van der Waals surface area contributed by atoms with E-state index in [9.17, 15) is 22.8 Å². The molecular formula is C30H42F3NO5. The van der Waals surface area contributed by atoms with Crippen molar-refractivity contribution in [2.75, 3.05) is 7.11 Å². The maximum Gasteiger partial charge on any atom is 0.573 e. The first kappa shape index (κ1) is 35.5. The summed E-state index contributed by atoms with van der Waals surface area (Å²) < 4.78 is 52.8. The van der Waals surface area contributed by atoms with Gasteiger partial charge in [0.25, 0.3) is 0 Å². The molecular weight excluding hydrogens is 511 g/mol. The van der Waals surface area contributed by atoms with Gasteiger partial charge in [-0.3, -0.25) is 9.59 Å². The van der Waals surface area contributed by atoms with Gasteiger partial charge in [0, 0.05) is 18.5 Å². The van der Waals surface area contributed by atoms with Crippen LogP contribution < -0.4 is 14.8 Å². The van der Waals surface area contributed by atoms with Gasteiger partial charge in [-0.2, -0.15) is 0 Å². The second-order valence-electron chi connectivity index (χ2n) is 8.48. The van der Waals surface area contributed by atoms with Crippen molar-refractivity contribution < 1.29 is 37.0 Å². The molecule has 0 bridgehead atoms. The van der Waals surface area contributed by atoms with Gasteiger partial charge >= 0.3 is 12.3 Å². The fourth-order valence-electron chi connectivity index (χ4n) is 3.65. The number of methoxy groups -OCH3 is 1. The number of benzene rings is 2. The first-order valence-corrected chi connectivity index (χ1v) is 13.0. The van der Waals surface area contributed by atoms with Crippen molar-refractivity contribution in [1.82, 2.24) is 5.32 Å². The largest absolute Gasteiger partial charge is 0.573 e. The van der Waals surface area contributed by atoms with Crippen molar-refractivity contribution in [3.8, 4) is 22.6 Å². The topological polar surface area (TPSA) is 73.9 Å². The molecule has 1 N–H and O–H groups in total. The lowest BCUT2D eigenvalue weighted by Crippen LogP contribution is -2.18. The average Bonchev–Trinajstić information content (AvgIpc) is 2.87. The molecule has 218 valence electrons. The molecule has 0 heterocycles. The predicted molar refractivity (Wildman–Crippen MR) is 149 cm³/mol. The Balaban J connectivity index is 0.00000220. The Kier molecular flexibility index (Phi) is 17.0.